The van der Waals surface area contributed by atoms with Crippen LogP contribution in [0.15, 0.2) is 36.4 Å². The zero-order valence-electron chi connectivity index (χ0n) is 13.8. The van der Waals surface area contributed by atoms with Crippen molar-refractivity contribution in [2.75, 3.05) is 5.32 Å². The van der Waals surface area contributed by atoms with Gasteiger partial charge in [-0.2, -0.15) is 0 Å². The first kappa shape index (κ1) is 17.3. The van der Waals surface area contributed by atoms with Gasteiger partial charge in [0.25, 0.3) is 11.8 Å². The van der Waals surface area contributed by atoms with Crippen LogP contribution in [0.4, 0.5) is 5.69 Å². The molecule has 5 N–H and O–H groups in total. The predicted molar refractivity (Wildman–Crippen MR) is 94.1 cm³/mol. The van der Waals surface area contributed by atoms with Crippen molar-refractivity contribution in [3.8, 4) is 5.75 Å². The maximum Gasteiger partial charge on any atom is 0.290 e. The Balaban J connectivity index is 1.72. The van der Waals surface area contributed by atoms with Crippen molar-refractivity contribution in [2.24, 2.45) is 0 Å². The van der Waals surface area contributed by atoms with E-state index in [1.807, 2.05) is 13.0 Å². The van der Waals surface area contributed by atoms with Crippen LogP contribution in [0.5, 0.6) is 5.75 Å². The molecule has 1 aliphatic heterocycles. The molecule has 2 aromatic rings. The summed E-state index contributed by atoms with van der Waals surface area (Å²) in [4.78, 5) is 24.6. The molecule has 0 aliphatic carbocycles. The van der Waals surface area contributed by atoms with E-state index >= 15 is 0 Å². The lowest BCUT2D eigenvalue weighted by molar-refractivity contribution is -0.724. The second-order valence-corrected chi connectivity index (χ2v) is 6.52. The van der Waals surface area contributed by atoms with E-state index in [-0.39, 0.29) is 17.6 Å². The number of nitrogens with two attached hydrogens (primary N) is 1. The fourth-order valence-corrected chi connectivity index (χ4v) is 3.14. The summed E-state index contributed by atoms with van der Waals surface area (Å²) in [7, 11) is 0. The van der Waals surface area contributed by atoms with Crippen molar-refractivity contribution in [1.82, 2.24) is 5.43 Å². The quantitative estimate of drug-likeness (QED) is 0.380. The highest BCUT2D eigenvalue weighted by atomic mass is 35.5. The third-order valence-corrected chi connectivity index (χ3v) is 4.75. The van der Waals surface area contributed by atoms with Crippen LogP contribution in [0, 0.1) is 6.92 Å². The lowest BCUT2D eigenvalue weighted by Gasteiger charge is -2.14. The van der Waals surface area contributed by atoms with E-state index in [9.17, 15) is 14.7 Å². The molecule has 2 atom stereocenters. The van der Waals surface area contributed by atoms with Gasteiger partial charge in [-0.25, -0.2) is 10.9 Å². The fraction of sp³-hybridized carbons (Fsp3) is 0.222. The smallest absolute Gasteiger partial charge is 0.290 e. The van der Waals surface area contributed by atoms with Crippen molar-refractivity contribution < 1.29 is 20.1 Å². The Hall–Kier alpha value is -2.57. The number of phenols is 1. The number of phenolic OH excluding ortho intramolecular Hbond substituents is 1. The minimum absolute atomic E-state index is 0.146. The molecule has 6 nitrogen and oxygen atoms in total. The number of halogens is 1. The molecular formula is C18H19ClN3O3+. The summed E-state index contributed by atoms with van der Waals surface area (Å²) < 4.78 is 0. The normalized spacial score (nSPS) is 16.9. The number of benzene rings is 2. The summed E-state index contributed by atoms with van der Waals surface area (Å²) in [6.45, 7) is 3.65. The van der Waals surface area contributed by atoms with Gasteiger partial charge in [0.05, 0.1) is 22.2 Å². The Labute approximate surface area is 150 Å². The first-order valence-corrected chi connectivity index (χ1v) is 8.28. The van der Waals surface area contributed by atoms with E-state index in [0.717, 1.165) is 11.1 Å². The maximum atomic E-state index is 12.4. The van der Waals surface area contributed by atoms with Crippen molar-refractivity contribution in [1.29, 1.82) is 0 Å². The zero-order valence-corrected chi connectivity index (χ0v) is 14.6. The number of nitrogens with one attached hydrogen (secondary N) is 2. The monoisotopic (exact) mass is 360 g/mol. The summed E-state index contributed by atoms with van der Waals surface area (Å²) >= 11 is 6.24. The SMILES string of the molecule is Cc1ccc(Cl)c2c1NC(=O)C2[NH2+]NC(=O)[C@@H](C)c1ccc(O)cc1. The van der Waals surface area contributed by atoms with Crippen molar-refractivity contribution in [3.05, 3.63) is 58.1 Å². The number of aromatic hydroxyl groups is 1. The third-order valence-electron chi connectivity index (χ3n) is 4.42. The van der Waals surface area contributed by atoms with Gasteiger partial charge >= 0.3 is 0 Å². The highest BCUT2D eigenvalue weighted by Crippen LogP contribution is 2.36. The number of hydrogen-bond donors (Lipinski definition) is 4. The van der Waals surface area contributed by atoms with Crippen LogP contribution in [-0.4, -0.2) is 16.9 Å². The average molecular weight is 361 g/mol. The summed E-state index contributed by atoms with van der Waals surface area (Å²) in [6, 6.07) is 9.42. The zero-order chi connectivity index (χ0) is 18.1. The van der Waals surface area contributed by atoms with Gasteiger partial charge in [0, 0.05) is 0 Å². The number of carbonyl (C=O) groups excluding carboxylic acids is 2. The van der Waals surface area contributed by atoms with Gasteiger partial charge in [0.1, 0.15) is 5.75 Å². The second kappa shape index (κ2) is 6.74. The molecule has 1 unspecified atom stereocenters. The summed E-state index contributed by atoms with van der Waals surface area (Å²) in [6.07, 6.45) is 0. The van der Waals surface area contributed by atoms with Crippen molar-refractivity contribution >= 4 is 29.1 Å². The molecule has 1 aliphatic rings. The molecular weight excluding hydrogens is 342 g/mol. The molecule has 7 heteroatoms. The number of aryl methyl sites for hydroxylation is 1. The number of amides is 2. The van der Waals surface area contributed by atoms with Crippen LogP contribution in [0.2, 0.25) is 5.02 Å². The van der Waals surface area contributed by atoms with Crippen LogP contribution in [0.1, 0.15) is 35.6 Å². The molecule has 3 rings (SSSR count). The summed E-state index contributed by atoms with van der Waals surface area (Å²) in [5.41, 5.74) is 7.28. The van der Waals surface area contributed by atoms with E-state index in [1.165, 1.54) is 17.6 Å². The lowest BCUT2D eigenvalue weighted by Crippen LogP contribution is -2.96. The molecule has 2 amide bonds. The second-order valence-electron chi connectivity index (χ2n) is 6.11. The third kappa shape index (κ3) is 3.31. The number of fused-ring (bicyclic) bond motifs is 1. The Morgan fingerprint density at radius 1 is 1.28 bits per heavy atom. The lowest BCUT2D eigenvalue weighted by atomic mass is 10.0. The Morgan fingerprint density at radius 2 is 1.96 bits per heavy atom. The average Bonchev–Trinajstić information content (AvgIpc) is 2.94. The highest BCUT2D eigenvalue weighted by Gasteiger charge is 2.37. The van der Waals surface area contributed by atoms with Gasteiger partial charge < -0.3 is 10.4 Å². The van der Waals surface area contributed by atoms with Crippen LogP contribution in [0.3, 0.4) is 0 Å². The Bertz CT molecular complexity index is 836. The number of quaternary nitrogens is 1. The molecule has 25 heavy (non-hydrogen) atoms. The van der Waals surface area contributed by atoms with Crippen LogP contribution in [-0.2, 0) is 9.59 Å². The van der Waals surface area contributed by atoms with Crippen molar-refractivity contribution in [3.63, 3.8) is 0 Å². The minimum atomic E-state index is -0.627. The van der Waals surface area contributed by atoms with Gasteiger partial charge in [-0.05, 0) is 43.2 Å². The first-order valence-electron chi connectivity index (χ1n) is 7.91. The van der Waals surface area contributed by atoms with E-state index in [4.69, 9.17) is 11.6 Å². The van der Waals surface area contributed by atoms with Gasteiger partial charge in [-0.15, -0.1) is 0 Å². The summed E-state index contributed by atoms with van der Waals surface area (Å²) in [5.74, 6) is -0.736. The summed E-state index contributed by atoms with van der Waals surface area (Å²) in [5, 5.41) is 12.6. The number of carbonyl (C=O) groups is 2. The van der Waals surface area contributed by atoms with Gasteiger partial charge in [0.2, 0.25) is 6.04 Å². The number of rotatable bonds is 4. The molecule has 1 heterocycles. The molecule has 130 valence electrons. The van der Waals surface area contributed by atoms with Crippen LogP contribution in [0.25, 0.3) is 0 Å². The Kier molecular flexibility index (Phi) is 4.65. The molecule has 0 saturated heterocycles. The molecule has 0 spiro atoms. The van der Waals surface area contributed by atoms with E-state index in [1.54, 1.807) is 25.1 Å². The van der Waals surface area contributed by atoms with Crippen LogP contribution >= 0.6 is 11.6 Å². The van der Waals surface area contributed by atoms with Gasteiger partial charge in [-0.3, -0.25) is 9.59 Å². The highest BCUT2D eigenvalue weighted by molar-refractivity contribution is 6.32. The number of hydrogen-bond acceptors (Lipinski definition) is 3. The standard InChI is InChI=1S/C18H18ClN3O3/c1-9-3-8-13(19)14-15(9)20-18(25)16(14)21-22-17(24)10(2)11-4-6-12(23)7-5-11/h3-8,10,16,21,23H,1-2H3,(H,20,25)(H,22,24)/p+1/t10-,16?/m0/s1. The molecule has 0 fully saturated rings. The van der Waals surface area contributed by atoms with Gasteiger partial charge in [0.15, 0.2) is 0 Å². The fourth-order valence-electron chi connectivity index (χ4n) is 2.87. The van der Waals surface area contributed by atoms with E-state index in [2.05, 4.69) is 10.7 Å². The van der Waals surface area contributed by atoms with E-state index in [0.29, 0.717) is 16.3 Å². The molecule has 0 radical (unpaired) electrons. The minimum Gasteiger partial charge on any atom is -0.508 e. The number of anilines is 1. The molecule has 2 aromatic carbocycles. The molecule has 0 aromatic heterocycles. The largest absolute Gasteiger partial charge is 0.508 e. The van der Waals surface area contributed by atoms with E-state index < -0.39 is 12.0 Å². The van der Waals surface area contributed by atoms with Gasteiger partial charge in [-0.1, -0.05) is 29.8 Å². The van der Waals surface area contributed by atoms with Crippen molar-refractivity contribution in [2.45, 2.75) is 25.8 Å². The molecule has 0 saturated carbocycles. The molecule has 0 bridgehead atoms. The van der Waals surface area contributed by atoms with Crippen LogP contribution < -0.4 is 16.2 Å². The topological polar surface area (TPSA) is 95.0 Å². The Morgan fingerprint density at radius 3 is 2.64 bits per heavy atom. The predicted octanol–water partition coefficient (Wildman–Crippen LogP) is 1.75. The maximum absolute atomic E-state index is 12.4. The first-order chi connectivity index (χ1) is 11.9.